The molecule has 1 aromatic carbocycles. The molecule has 2 aliphatic heterocycles. The van der Waals surface area contributed by atoms with Crippen molar-refractivity contribution in [3.05, 3.63) is 53.5 Å². The van der Waals surface area contributed by atoms with Crippen LogP contribution < -0.4 is 16.1 Å². The second kappa shape index (κ2) is 9.92. The molecular weight excluding hydrogens is 341 g/mol. The number of hydrogen-bond acceptors (Lipinski definition) is 5. The molecule has 0 spiro atoms. The zero-order valence-electron chi connectivity index (χ0n) is 16.5. The third kappa shape index (κ3) is 5.44. The topological polar surface area (TPSA) is 56.9 Å². The van der Waals surface area contributed by atoms with E-state index in [2.05, 4.69) is 21.9 Å². The van der Waals surface area contributed by atoms with Crippen molar-refractivity contribution < 1.29 is 4.39 Å². The highest BCUT2D eigenvalue weighted by molar-refractivity contribution is 5.92. The van der Waals surface area contributed by atoms with Gasteiger partial charge >= 0.3 is 0 Å². The minimum Gasteiger partial charge on any atom is -0.387 e. The Morgan fingerprint density at radius 3 is 2.48 bits per heavy atom. The Kier molecular flexibility index (Phi) is 7.61. The highest BCUT2D eigenvalue weighted by atomic mass is 19.1. The highest BCUT2D eigenvalue weighted by Gasteiger charge is 2.20. The Labute approximate surface area is 161 Å². The summed E-state index contributed by atoms with van der Waals surface area (Å²) in [4.78, 5) is 4.32. The van der Waals surface area contributed by atoms with E-state index in [9.17, 15) is 4.39 Å². The van der Waals surface area contributed by atoms with Gasteiger partial charge in [-0.2, -0.15) is 5.10 Å². The molecule has 1 saturated heterocycles. The number of halogens is 1. The fourth-order valence-corrected chi connectivity index (χ4v) is 3.18. The maximum Gasteiger partial charge on any atom is 0.130 e. The van der Waals surface area contributed by atoms with E-state index in [-0.39, 0.29) is 5.83 Å². The van der Waals surface area contributed by atoms with E-state index in [1.807, 2.05) is 44.3 Å². The molecule has 0 amide bonds. The molecule has 0 aromatic heterocycles. The van der Waals surface area contributed by atoms with Crippen molar-refractivity contribution in [1.29, 1.82) is 0 Å². The number of rotatable bonds is 4. The lowest BCUT2D eigenvalue weighted by atomic mass is 9.95. The summed E-state index contributed by atoms with van der Waals surface area (Å²) in [6.45, 7) is 6.40. The van der Waals surface area contributed by atoms with Crippen molar-refractivity contribution >= 4 is 23.6 Å². The number of hydrogen-bond donors (Lipinski definition) is 2. The van der Waals surface area contributed by atoms with Crippen LogP contribution in [0.1, 0.15) is 29.5 Å². The maximum absolute atomic E-state index is 14.2. The van der Waals surface area contributed by atoms with Crippen LogP contribution in [0.2, 0.25) is 0 Å². The quantitative estimate of drug-likeness (QED) is 0.485. The summed E-state index contributed by atoms with van der Waals surface area (Å²) in [5.74, 6) is 5.15. The Hall–Kier alpha value is -2.60. The lowest BCUT2D eigenvalue weighted by molar-refractivity contribution is 0.505. The molecule has 3 N–H and O–H groups in total. The largest absolute Gasteiger partial charge is 0.387 e. The Morgan fingerprint density at radius 1 is 1.26 bits per heavy atom. The minimum atomic E-state index is -0.210. The predicted molar refractivity (Wildman–Crippen MR) is 115 cm³/mol. The molecule has 1 aromatic rings. The molecule has 0 atom stereocenters. The molecule has 3 rings (SSSR count). The molecule has 1 fully saturated rings. The lowest BCUT2D eigenvalue weighted by Crippen LogP contribution is -2.20. The van der Waals surface area contributed by atoms with Crippen LogP contribution in [0.4, 0.5) is 10.1 Å². The van der Waals surface area contributed by atoms with Crippen LogP contribution in [0, 0.1) is 0 Å². The molecule has 2 heterocycles. The van der Waals surface area contributed by atoms with Crippen LogP contribution in [-0.4, -0.2) is 51.9 Å². The molecule has 6 heteroatoms. The summed E-state index contributed by atoms with van der Waals surface area (Å²) < 4.78 is 14.2. The smallest absolute Gasteiger partial charge is 0.130 e. The average molecular weight is 372 g/mol. The van der Waals surface area contributed by atoms with Gasteiger partial charge in [-0.25, -0.2) is 4.39 Å². The number of nitrogens with one attached hydrogen (secondary N) is 1. The Balaban J connectivity index is 0.000000596. The first-order valence-electron chi connectivity index (χ1n) is 9.16. The summed E-state index contributed by atoms with van der Waals surface area (Å²) in [6, 6.07) is 3.97. The molecule has 0 bridgehead atoms. The second-order valence-corrected chi connectivity index (χ2v) is 7.06. The number of nitrogens with two attached hydrogens (primary N) is 1. The van der Waals surface area contributed by atoms with Crippen molar-refractivity contribution in [2.75, 3.05) is 45.7 Å². The summed E-state index contributed by atoms with van der Waals surface area (Å²) in [7, 11) is 6.00. The van der Waals surface area contributed by atoms with Crippen molar-refractivity contribution in [1.82, 2.24) is 10.2 Å². The molecule has 2 aliphatic rings. The van der Waals surface area contributed by atoms with Gasteiger partial charge in [0.2, 0.25) is 0 Å². The molecule has 5 nitrogen and oxygen atoms in total. The van der Waals surface area contributed by atoms with Crippen molar-refractivity contribution in [3.63, 3.8) is 0 Å². The van der Waals surface area contributed by atoms with E-state index in [1.165, 1.54) is 18.9 Å². The zero-order valence-corrected chi connectivity index (χ0v) is 16.5. The van der Waals surface area contributed by atoms with Gasteiger partial charge in [-0.15, -0.1) is 0 Å². The maximum atomic E-state index is 14.2. The first-order chi connectivity index (χ1) is 13.0. The number of dihydropyridines is 1. The van der Waals surface area contributed by atoms with E-state index in [1.54, 1.807) is 12.4 Å². The summed E-state index contributed by atoms with van der Waals surface area (Å²) in [5, 5.41) is 6.72. The number of allylic oxidation sites excluding steroid dienone is 2. The van der Waals surface area contributed by atoms with Gasteiger partial charge in [-0.05, 0) is 64.0 Å². The molecule has 0 unspecified atom stereocenters. The van der Waals surface area contributed by atoms with E-state index in [0.717, 1.165) is 35.5 Å². The molecule has 0 saturated carbocycles. The Bertz CT molecular complexity index is 740. The second-order valence-electron chi connectivity index (χ2n) is 7.06. The monoisotopic (exact) mass is 371 g/mol. The third-order valence-electron chi connectivity index (χ3n) is 4.32. The summed E-state index contributed by atoms with van der Waals surface area (Å²) >= 11 is 0. The number of anilines is 1. The highest BCUT2D eigenvalue weighted by Crippen LogP contribution is 2.33. The molecule has 146 valence electrons. The normalized spacial score (nSPS) is 16.6. The average Bonchev–Trinajstić information content (AvgIpc) is 3.16. The first kappa shape index (κ1) is 20.7. The van der Waals surface area contributed by atoms with E-state index >= 15 is 0 Å². The van der Waals surface area contributed by atoms with Gasteiger partial charge in [0.15, 0.2) is 0 Å². The SMILES string of the molecule is C=Cc1c(/C=N\N)cc(C2=C(F)C=CNC2)cc1N1CCCC1.CN(C)C. The standard InChI is InChI=1S/C18H21FN4.C3H9N/c1-2-15-14(11-22-20)9-13(16-12-21-6-5-17(16)19)10-18(15)23-7-3-4-8-23;1-4(2)3/h2,5-6,9-11,21H,1,3-4,7-8,12,20H2;1-3H3/b22-11-;. The fraction of sp³-hybridized carbons (Fsp3) is 0.381. The van der Waals surface area contributed by atoms with Crippen LogP contribution >= 0.6 is 0 Å². The first-order valence-corrected chi connectivity index (χ1v) is 9.16. The molecular formula is C21H30FN5. The van der Waals surface area contributed by atoms with E-state index < -0.39 is 0 Å². The van der Waals surface area contributed by atoms with Crippen LogP contribution in [0.3, 0.4) is 0 Å². The van der Waals surface area contributed by atoms with Gasteiger partial charge in [-0.1, -0.05) is 12.7 Å². The van der Waals surface area contributed by atoms with Crippen molar-refractivity contribution in [2.24, 2.45) is 10.9 Å². The third-order valence-corrected chi connectivity index (χ3v) is 4.32. The van der Waals surface area contributed by atoms with Crippen molar-refractivity contribution in [3.8, 4) is 0 Å². The number of nitrogens with zero attached hydrogens (tertiary/aromatic N) is 3. The van der Waals surface area contributed by atoms with Gasteiger partial charge in [0, 0.05) is 42.0 Å². The molecule has 0 aliphatic carbocycles. The van der Waals surface area contributed by atoms with Crippen LogP contribution in [0.5, 0.6) is 0 Å². The van der Waals surface area contributed by atoms with Crippen LogP contribution in [0.15, 0.2) is 41.9 Å². The predicted octanol–water partition coefficient (Wildman–Crippen LogP) is 3.20. The van der Waals surface area contributed by atoms with E-state index in [0.29, 0.717) is 12.1 Å². The fourth-order valence-electron chi connectivity index (χ4n) is 3.18. The Morgan fingerprint density at radius 2 is 1.93 bits per heavy atom. The van der Waals surface area contributed by atoms with Gasteiger partial charge < -0.3 is 21.0 Å². The van der Waals surface area contributed by atoms with Crippen LogP contribution in [0.25, 0.3) is 11.6 Å². The van der Waals surface area contributed by atoms with Crippen LogP contribution in [-0.2, 0) is 0 Å². The van der Waals surface area contributed by atoms with Gasteiger partial charge in [0.05, 0.1) is 6.21 Å². The number of hydrazone groups is 1. The zero-order chi connectivity index (χ0) is 19.8. The van der Waals surface area contributed by atoms with Gasteiger partial charge in [0.25, 0.3) is 0 Å². The van der Waals surface area contributed by atoms with Gasteiger partial charge in [-0.3, -0.25) is 0 Å². The minimum absolute atomic E-state index is 0.210. The molecule has 27 heavy (non-hydrogen) atoms. The van der Waals surface area contributed by atoms with E-state index in [4.69, 9.17) is 5.84 Å². The molecule has 0 radical (unpaired) electrons. The summed E-state index contributed by atoms with van der Waals surface area (Å²) in [5.41, 5.74) is 4.42. The summed E-state index contributed by atoms with van der Waals surface area (Å²) in [6.07, 6.45) is 8.83. The lowest BCUT2D eigenvalue weighted by Gasteiger charge is -2.24. The van der Waals surface area contributed by atoms with Gasteiger partial charge in [0.1, 0.15) is 5.83 Å². The van der Waals surface area contributed by atoms with Crippen molar-refractivity contribution in [2.45, 2.75) is 12.8 Å². The number of benzene rings is 1.